The summed E-state index contributed by atoms with van der Waals surface area (Å²) in [5, 5.41) is 0. The summed E-state index contributed by atoms with van der Waals surface area (Å²) in [6.07, 6.45) is 5.63. The quantitative estimate of drug-likeness (QED) is 0.790. The van der Waals surface area contributed by atoms with E-state index in [9.17, 15) is 4.79 Å². The Morgan fingerprint density at radius 3 is 2.15 bits per heavy atom. The summed E-state index contributed by atoms with van der Waals surface area (Å²) in [4.78, 5) is 17.0. The van der Waals surface area contributed by atoms with Crippen LogP contribution in [0.5, 0.6) is 0 Å². The smallest absolute Gasteiger partial charge is 0.222 e. The topological polar surface area (TPSA) is 23.6 Å². The molecule has 0 aromatic rings. The van der Waals surface area contributed by atoms with Crippen molar-refractivity contribution in [2.24, 2.45) is 17.8 Å². The molecule has 0 aromatic carbocycles. The molecule has 0 bridgehead atoms. The average Bonchev–Trinajstić information content (AvgIpc) is 2.48. The van der Waals surface area contributed by atoms with E-state index in [-0.39, 0.29) is 0 Å². The van der Waals surface area contributed by atoms with Gasteiger partial charge in [-0.05, 0) is 63.1 Å². The third-order valence-electron chi connectivity index (χ3n) is 5.45. The predicted octanol–water partition coefficient (Wildman–Crippen LogP) is 3.00. The standard InChI is InChI=1S/C17H32N2O/c1-4-18-9-5-15(6-10-18)13-17(20)19-11-7-16(8-12-19)14(2)3/h14-16H,4-13H2,1-3H3. The molecular formula is C17H32N2O. The van der Waals surface area contributed by atoms with Gasteiger partial charge in [0.1, 0.15) is 0 Å². The second-order valence-electron chi connectivity index (χ2n) is 7.04. The normalized spacial score (nSPS) is 23.5. The van der Waals surface area contributed by atoms with Crippen LogP contribution in [0.3, 0.4) is 0 Å². The van der Waals surface area contributed by atoms with Gasteiger partial charge < -0.3 is 9.80 Å². The van der Waals surface area contributed by atoms with Gasteiger partial charge in [-0.25, -0.2) is 0 Å². The fraction of sp³-hybridized carbons (Fsp3) is 0.941. The van der Waals surface area contributed by atoms with Gasteiger partial charge in [0.05, 0.1) is 0 Å². The summed E-state index contributed by atoms with van der Waals surface area (Å²) in [5.74, 6) is 2.65. The van der Waals surface area contributed by atoms with E-state index >= 15 is 0 Å². The van der Waals surface area contributed by atoms with Crippen LogP contribution in [0.2, 0.25) is 0 Å². The maximum Gasteiger partial charge on any atom is 0.222 e. The maximum atomic E-state index is 12.4. The van der Waals surface area contributed by atoms with E-state index in [0.29, 0.717) is 11.8 Å². The zero-order chi connectivity index (χ0) is 14.5. The Morgan fingerprint density at radius 1 is 1.05 bits per heavy atom. The Morgan fingerprint density at radius 2 is 1.65 bits per heavy atom. The molecular weight excluding hydrogens is 248 g/mol. The Labute approximate surface area is 124 Å². The molecule has 0 spiro atoms. The highest BCUT2D eigenvalue weighted by Gasteiger charge is 2.27. The van der Waals surface area contributed by atoms with Crippen molar-refractivity contribution in [3.63, 3.8) is 0 Å². The third-order valence-corrected chi connectivity index (χ3v) is 5.45. The van der Waals surface area contributed by atoms with E-state index in [1.807, 2.05) is 0 Å². The lowest BCUT2D eigenvalue weighted by Gasteiger charge is -2.36. The minimum Gasteiger partial charge on any atom is -0.343 e. The van der Waals surface area contributed by atoms with Crippen LogP contribution in [-0.2, 0) is 4.79 Å². The molecule has 116 valence electrons. The van der Waals surface area contributed by atoms with Crippen LogP contribution >= 0.6 is 0 Å². The molecule has 3 nitrogen and oxygen atoms in total. The van der Waals surface area contributed by atoms with Gasteiger partial charge in [-0.1, -0.05) is 20.8 Å². The predicted molar refractivity (Wildman–Crippen MR) is 83.6 cm³/mol. The van der Waals surface area contributed by atoms with Crippen LogP contribution < -0.4 is 0 Å². The molecule has 0 saturated carbocycles. The molecule has 2 fully saturated rings. The van der Waals surface area contributed by atoms with Crippen LogP contribution in [-0.4, -0.2) is 48.4 Å². The summed E-state index contributed by atoms with van der Waals surface area (Å²) in [6, 6.07) is 0. The Hall–Kier alpha value is -0.570. The highest BCUT2D eigenvalue weighted by molar-refractivity contribution is 5.76. The van der Waals surface area contributed by atoms with Crippen molar-refractivity contribution in [1.29, 1.82) is 0 Å². The molecule has 1 amide bonds. The van der Waals surface area contributed by atoms with Gasteiger partial charge in [-0.2, -0.15) is 0 Å². The van der Waals surface area contributed by atoms with Crippen LogP contribution in [0.1, 0.15) is 52.9 Å². The number of amides is 1. The van der Waals surface area contributed by atoms with E-state index in [1.165, 1.54) is 38.8 Å². The van der Waals surface area contributed by atoms with Gasteiger partial charge in [0.15, 0.2) is 0 Å². The molecule has 20 heavy (non-hydrogen) atoms. The van der Waals surface area contributed by atoms with Crippen molar-refractivity contribution in [2.75, 3.05) is 32.7 Å². The zero-order valence-corrected chi connectivity index (χ0v) is 13.6. The van der Waals surface area contributed by atoms with Crippen molar-refractivity contribution in [1.82, 2.24) is 9.80 Å². The first-order chi connectivity index (χ1) is 9.60. The fourth-order valence-electron chi connectivity index (χ4n) is 3.70. The first-order valence-corrected chi connectivity index (χ1v) is 8.60. The number of carbonyl (C=O) groups excluding carboxylic acids is 1. The van der Waals surface area contributed by atoms with E-state index in [2.05, 4.69) is 30.6 Å². The lowest BCUT2D eigenvalue weighted by atomic mass is 9.86. The molecule has 3 heteroatoms. The highest BCUT2D eigenvalue weighted by atomic mass is 16.2. The van der Waals surface area contributed by atoms with E-state index in [0.717, 1.165) is 37.9 Å². The second-order valence-corrected chi connectivity index (χ2v) is 7.04. The summed E-state index contributed by atoms with van der Waals surface area (Å²) >= 11 is 0. The van der Waals surface area contributed by atoms with Crippen molar-refractivity contribution in [2.45, 2.75) is 52.9 Å². The van der Waals surface area contributed by atoms with Crippen LogP contribution in [0.4, 0.5) is 0 Å². The molecule has 0 atom stereocenters. The molecule has 0 aromatic heterocycles. The summed E-state index contributed by atoms with van der Waals surface area (Å²) in [7, 11) is 0. The number of nitrogens with zero attached hydrogens (tertiary/aromatic N) is 2. The number of hydrogen-bond acceptors (Lipinski definition) is 2. The van der Waals surface area contributed by atoms with Crippen LogP contribution in [0.25, 0.3) is 0 Å². The zero-order valence-electron chi connectivity index (χ0n) is 13.6. The number of rotatable bonds is 4. The molecule has 2 aliphatic heterocycles. The highest BCUT2D eigenvalue weighted by Crippen LogP contribution is 2.26. The van der Waals surface area contributed by atoms with Gasteiger partial charge in [0, 0.05) is 19.5 Å². The fourth-order valence-corrected chi connectivity index (χ4v) is 3.70. The summed E-state index contributed by atoms with van der Waals surface area (Å²) in [6.45, 7) is 12.4. The first-order valence-electron chi connectivity index (χ1n) is 8.60. The summed E-state index contributed by atoms with van der Waals surface area (Å²) < 4.78 is 0. The van der Waals surface area contributed by atoms with Gasteiger partial charge >= 0.3 is 0 Å². The lowest BCUT2D eigenvalue weighted by molar-refractivity contribution is -0.134. The van der Waals surface area contributed by atoms with E-state index in [4.69, 9.17) is 0 Å². The SMILES string of the molecule is CCN1CCC(CC(=O)N2CCC(C(C)C)CC2)CC1. The average molecular weight is 280 g/mol. The monoisotopic (exact) mass is 280 g/mol. The first kappa shape index (κ1) is 15.8. The molecule has 2 rings (SSSR count). The molecule has 0 aliphatic carbocycles. The molecule has 0 N–H and O–H groups in total. The molecule has 0 radical (unpaired) electrons. The van der Waals surface area contributed by atoms with Crippen LogP contribution in [0.15, 0.2) is 0 Å². The number of piperidine rings is 2. The Balaban J connectivity index is 1.71. The van der Waals surface area contributed by atoms with Crippen LogP contribution in [0, 0.1) is 17.8 Å². The molecule has 0 unspecified atom stereocenters. The molecule has 2 aliphatic rings. The summed E-state index contributed by atoms with van der Waals surface area (Å²) in [5.41, 5.74) is 0. The van der Waals surface area contributed by atoms with E-state index < -0.39 is 0 Å². The van der Waals surface area contributed by atoms with E-state index in [1.54, 1.807) is 0 Å². The maximum absolute atomic E-state index is 12.4. The minimum absolute atomic E-state index is 0.419. The Kier molecular flexibility index (Phi) is 5.88. The van der Waals surface area contributed by atoms with Gasteiger partial charge in [0.2, 0.25) is 5.91 Å². The number of likely N-dealkylation sites (tertiary alicyclic amines) is 2. The third kappa shape index (κ3) is 4.21. The second kappa shape index (κ2) is 7.44. The lowest BCUT2D eigenvalue weighted by Crippen LogP contribution is -2.41. The molecule has 2 heterocycles. The van der Waals surface area contributed by atoms with Gasteiger partial charge in [-0.3, -0.25) is 4.79 Å². The van der Waals surface area contributed by atoms with Crippen molar-refractivity contribution in [3.8, 4) is 0 Å². The minimum atomic E-state index is 0.419. The van der Waals surface area contributed by atoms with Gasteiger partial charge in [-0.15, -0.1) is 0 Å². The largest absolute Gasteiger partial charge is 0.343 e. The molecule has 2 saturated heterocycles. The van der Waals surface area contributed by atoms with Crippen molar-refractivity contribution >= 4 is 5.91 Å². The van der Waals surface area contributed by atoms with Gasteiger partial charge in [0.25, 0.3) is 0 Å². The number of hydrogen-bond donors (Lipinski definition) is 0. The van der Waals surface area contributed by atoms with Crippen molar-refractivity contribution in [3.05, 3.63) is 0 Å². The van der Waals surface area contributed by atoms with Crippen molar-refractivity contribution < 1.29 is 4.79 Å². The Bertz CT molecular complexity index is 300. The number of carbonyl (C=O) groups is 1.